The van der Waals surface area contributed by atoms with Gasteiger partial charge in [-0.15, -0.1) is 0 Å². The third-order valence-electron chi connectivity index (χ3n) is 4.05. The molecule has 90 valence electrons. The fourth-order valence-corrected chi connectivity index (χ4v) is 3.57. The number of hydrogen-bond donors (Lipinski definition) is 0. The van der Waals surface area contributed by atoms with Gasteiger partial charge in [0.15, 0.2) is 10.1 Å². The Morgan fingerprint density at radius 2 is 1.94 bits per heavy atom. The molecule has 2 atom stereocenters. The number of hydrogen-bond acceptors (Lipinski definition) is 1. The maximum absolute atomic E-state index is 12.0. The summed E-state index contributed by atoms with van der Waals surface area (Å²) >= 11 is 12.6. The summed E-state index contributed by atoms with van der Waals surface area (Å²) in [6.07, 6.45) is 4.53. The Morgan fingerprint density at radius 3 is 2.62 bits per heavy atom. The van der Waals surface area contributed by atoms with Gasteiger partial charge in [-0.25, -0.2) is 0 Å². The Balaban J connectivity index is 2.39. The molecule has 0 aromatic rings. The zero-order valence-corrected chi connectivity index (χ0v) is 11.4. The highest BCUT2D eigenvalue weighted by Gasteiger charge is 2.47. The van der Waals surface area contributed by atoms with Gasteiger partial charge in [-0.3, -0.25) is 4.79 Å². The van der Waals surface area contributed by atoms with E-state index in [0.717, 1.165) is 19.3 Å². The lowest BCUT2D eigenvalue weighted by atomic mass is 9.75. The SMILES string of the molecule is CC1=C2CCC(C)CC2C(Cl)(Cl)C(=O)CC1. The van der Waals surface area contributed by atoms with Gasteiger partial charge in [0.2, 0.25) is 0 Å². The molecule has 1 nitrogen and oxygen atoms in total. The van der Waals surface area contributed by atoms with Crippen LogP contribution in [0.2, 0.25) is 0 Å². The number of carbonyl (C=O) groups is 1. The van der Waals surface area contributed by atoms with Gasteiger partial charge in [0, 0.05) is 12.3 Å². The standard InChI is InChI=1S/C13H18Cl2O/c1-8-3-5-10-9(2)4-6-12(16)13(14,15)11(10)7-8/h8,11H,3-7H2,1-2H3. The number of carbonyl (C=O) groups excluding carboxylic acids is 1. The second kappa shape index (κ2) is 4.34. The maximum Gasteiger partial charge on any atom is 0.182 e. The topological polar surface area (TPSA) is 17.1 Å². The largest absolute Gasteiger partial charge is 0.296 e. The highest BCUT2D eigenvalue weighted by molar-refractivity contribution is 6.58. The molecule has 0 aliphatic heterocycles. The van der Waals surface area contributed by atoms with Crippen molar-refractivity contribution >= 4 is 29.0 Å². The van der Waals surface area contributed by atoms with Crippen LogP contribution in [0, 0.1) is 11.8 Å². The molecular weight excluding hydrogens is 243 g/mol. The lowest BCUT2D eigenvalue weighted by Crippen LogP contribution is -2.37. The summed E-state index contributed by atoms with van der Waals surface area (Å²) in [6.45, 7) is 4.34. The highest BCUT2D eigenvalue weighted by Crippen LogP contribution is 2.49. The third-order valence-corrected chi connectivity index (χ3v) is 5.00. The molecule has 0 saturated heterocycles. The van der Waals surface area contributed by atoms with Crippen LogP contribution in [0.25, 0.3) is 0 Å². The smallest absolute Gasteiger partial charge is 0.182 e. The molecule has 3 heteroatoms. The van der Waals surface area contributed by atoms with Gasteiger partial charge in [-0.2, -0.15) is 0 Å². The van der Waals surface area contributed by atoms with E-state index in [-0.39, 0.29) is 11.7 Å². The van der Waals surface area contributed by atoms with Gasteiger partial charge >= 0.3 is 0 Å². The molecule has 16 heavy (non-hydrogen) atoms. The summed E-state index contributed by atoms with van der Waals surface area (Å²) in [4.78, 5) is 12.0. The molecule has 1 fully saturated rings. The zero-order valence-electron chi connectivity index (χ0n) is 9.85. The molecule has 0 aromatic carbocycles. The van der Waals surface area contributed by atoms with E-state index in [1.54, 1.807) is 0 Å². The fraction of sp³-hybridized carbons (Fsp3) is 0.769. The number of halogens is 2. The molecule has 0 amide bonds. The monoisotopic (exact) mass is 260 g/mol. The minimum Gasteiger partial charge on any atom is -0.296 e. The number of ketones is 1. The Kier molecular flexibility index (Phi) is 3.38. The summed E-state index contributed by atoms with van der Waals surface area (Å²) in [6, 6.07) is 0. The predicted molar refractivity (Wildman–Crippen MR) is 67.9 cm³/mol. The quantitative estimate of drug-likeness (QED) is 0.470. The fourth-order valence-electron chi connectivity index (χ4n) is 2.94. The molecular formula is C13H18Cl2O. The summed E-state index contributed by atoms with van der Waals surface area (Å²) in [5, 5.41) is 0. The van der Waals surface area contributed by atoms with E-state index in [9.17, 15) is 4.79 Å². The molecule has 2 rings (SSSR count). The number of rotatable bonds is 0. The summed E-state index contributed by atoms with van der Waals surface area (Å²) in [7, 11) is 0. The summed E-state index contributed by atoms with van der Waals surface area (Å²) < 4.78 is -1.18. The average Bonchev–Trinajstić information content (AvgIpc) is 2.31. The highest BCUT2D eigenvalue weighted by atomic mass is 35.5. The molecule has 1 saturated carbocycles. The Labute approximate surface area is 107 Å². The van der Waals surface area contributed by atoms with Crippen molar-refractivity contribution in [3.05, 3.63) is 11.1 Å². The first-order valence-electron chi connectivity index (χ1n) is 6.02. The first-order valence-corrected chi connectivity index (χ1v) is 6.78. The Morgan fingerprint density at radius 1 is 1.25 bits per heavy atom. The van der Waals surface area contributed by atoms with E-state index < -0.39 is 4.33 Å². The molecule has 2 aliphatic rings. The van der Waals surface area contributed by atoms with E-state index >= 15 is 0 Å². The predicted octanol–water partition coefficient (Wildman–Crippen LogP) is 4.28. The van der Waals surface area contributed by atoms with Gasteiger partial charge in [0.25, 0.3) is 0 Å². The van der Waals surface area contributed by atoms with Gasteiger partial charge in [-0.1, -0.05) is 41.3 Å². The molecule has 0 N–H and O–H groups in total. The Hall–Kier alpha value is -0.0100. The van der Waals surface area contributed by atoms with Crippen LogP contribution in [0.3, 0.4) is 0 Å². The zero-order chi connectivity index (χ0) is 11.9. The number of allylic oxidation sites excluding steroid dienone is 2. The van der Waals surface area contributed by atoms with Crippen LogP contribution in [0.1, 0.15) is 46.0 Å². The Bertz CT molecular complexity index is 344. The molecule has 0 bridgehead atoms. The summed E-state index contributed by atoms with van der Waals surface area (Å²) in [5.74, 6) is 0.670. The molecule has 2 unspecified atom stereocenters. The van der Waals surface area contributed by atoms with E-state index in [4.69, 9.17) is 23.2 Å². The van der Waals surface area contributed by atoms with E-state index in [2.05, 4.69) is 13.8 Å². The first-order chi connectivity index (χ1) is 7.43. The normalized spacial score (nSPS) is 34.6. The molecule has 0 heterocycles. The molecule has 2 aliphatic carbocycles. The van der Waals surface area contributed by atoms with Crippen molar-refractivity contribution in [1.29, 1.82) is 0 Å². The second-order valence-corrected chi connectivity index (χ2v) is 6.67. The lowest BCUT2D eigenvalue weighted by Gasteiger charge is -2.36. The van der Waals surface area contributed by atoms with Crippen molar-refractivity contribution < 1.29 is 4.79 Å². The lowest BCUT2D eigenvalue weighted by molar-refractivity contribution is -0.120. The van der Waals surface area contributed by atoms with Crippen molar-refractivity contribution in [2.45, 2.75) is 50.3 Å². The maximum atomic E-state index is 12.0. The molecule has 0 spiro atoms. The molecule has 0 aromatic heterocycles. The molecule has 0 radical (unpaired) electrons. The number of alkyl halides is 2. The van der Waals surface area contributed by atoms with Crippen LogP contribution in [0.5, 0.6) is 0 Å². The van der Waals surface area contributed by atoms with Crippen LogP contribution >= 0.6 is 23.2 Å². The van der Waals surface area contributed by atoms with E-state index in [1.165, 1.54) is 17.6 Å². The van der Waals surface area contributed by atoms with Crippen LogP contribution in [0.4, 0.5) is 0 Å². The average molecular weight is 261 g/mol. The van der Waals surface area contributed by atoms with Crippen LogP contribution in [0.15, 0.2) is 11.1 Å². The van der Waals surface area contributed by atoms with Crippen molar-refractivity contribution in [1.82, 2.24) is 0 Å². The minimum atomic E-state index is -1.18. The van der Waals surface area contributed by atoms with Gasteiger partial charge < -0.3 is 0 Å². The van der Waals surface area contributed by atoms with E-state index in [1.807, 2.05) is 0 Å². The number of fused-ring (bicyclic) bond motifs is 1. The van der Waals surface area contributed by atoms with Gasteiger partial charge in [0.05, 0.1) is 0 Å². The van der Waals surface area contributed by atoms with Crippen LogP contribution in [-0.2, 0) is 4.79 Å². The minimum absolute atomic E-state index is 0.00397. The van der Waals surface area contributed by atoms with E-state index in [0.29, 0.717) is 12.3 Å². The van der Waals surface area contributed by atoms with Crippen LogP contribution in [-0.4, -0.2) is 10.1 Å². The second-order valence-electron chi connectivity index (χ2n) is 5.28. The van der Waals surface area contributed by atoms with Crippen molar-refractivity contribution in [2.75, 3.05) is 0 Å². The van der Waals surface area contributed by atoms with Crippen molar-refractivity contribution in [3.63, 3.8) is 0 Å². The third kappa shape index (κ3) is 2.04. The van der Waals surface area contributed by atoms with Gasteiger partial charge in [0.1, 0.15) is 0 Å². The van der Waals surface area contributed by atoms with Gasteiger partial charge in [-0.05, 0) is 38.5 Å². The summed E-state index contributed by atoms with van der Waals surface area (Å²) in [5.41, 5.74) is 2.70. The van der Waals surface area contributed by atoms with Crippen molar-refractivity contribution in [3.8, 4) is 0 Å². The first kappa shape index (κ1) is 12.4. The van der Waals surface area contributed by atoms with Crippen LogP contribution < -0.4 is 0 Å². The van der Waals surface area contributed by atoms with Crippen molar-refractivity contribution in [2.24, 2.45) is 11.8 Å². The number of Topliss-reactive ketones (excluding diaryl/α,β-unsaturated/α-hetero) is 1.